The van der Waals surface area contributed by atoms with Crippen LogP contribution in [0, 0.1) is 0 Å². The maximum absolute atomic E-state index is 5.45. The molecule has 1 rings (SSSR count). The first kappa shape index (κ1) is 8.06. The second-order valence-corrected chi connectivity index (χ2v) is 3.71. The zero-order chi connectivity index (χ0) is 7.61. The van der Waals surface area contributed by atoms with E-state index in [2.05, 4.69) is 20.8 Å². The van der Waals surface area contributed by atoms with Crippen LogP contribution in [0.25, 0.3) is 0 Å². The van der Waals surface area contributed by atoms with Crippen molar-refractivity contribution in [2.45, 2.75) is 58.2 Å². The van der Waals surface area contributed by atoms with E-state index < -0.39 is 0 Å². The highest BCUT2D eigenvalue weighted by atomic mass is 16.6. The fourth-order valence-corrected chi connectivity index (χ4v) is 1.32. The molecule has 0 saturated carbocycles. The predicted molar refractivity (Wildman–Crippen MR) is 43.1 cm³/mol. The highest BCUT2D eigenvalue weighted by Crippen LogP contribution is 2.38. The Bertz CT molecular complexity index is 107. The van der Waals surface area contributed by atoms with Crippen LogP contribution >= 0.6 is 0 Å². The lowest BCUT2D eigenvalue weighted by Crippen LogP contribution is -2.02. The van der Waals surface area contributed by atoms with E-state index in [1.54, 1.807) is 0 Å². The van der Waals surface area contributed by atoms with E-state index in [1.165, 1.54) is 25.7 Å². The zero-order valence-corrected chi connectivity index (χ0v) is 7.31. The van der Waals surface area contributed by atoms with E-state index in [0.29, 0.717) is 6.10 Å². The van der Waals surface area contributed by atoms with Crippen molar-refractivity contribution in [3.05, 3.63) is 0 Å². The van der Waals surface area contributed by atoms with Crippen molar-refractivity contribution < 1.29 is 4.74 Å². The van der Waals surface area contributed by atoms with Gasteiger partial charge in [0, 0.05) is 0 Å². The lowest BCUT2D eigenvalue weighted by molar-refractivity contribution is 0.318. The molecule has 60 valence electrons. The molecule has 0 aromatic rings. The van der Waals surface area contributed by atoms with Crippen molar-refractivity contribution in [3.63, 3.8) is 0 Å². The largest absolute Gasteiger partial charge is 0.367 e. The van der Waals surface area contributed by atoms with Gasteiger partial charge in [0.15, 0.2) is 0 Å². The standard InChI is InChI=1S/C9H18O/c1-4-5-6-7-8-9(2,3)10-8/h8H,4-7H2,1-3H3/t8-/m0/s1. The smallest absolute Gasteiger partial charge is 0.0892 e. The maximum atomic E-state index is 5.45. The van der Waals surface area contributed by atoms with Crippen LogP contribution in [0.15, 0.2) is 0 Å². The molecule has 0 aromatic carbocycles. The normalized spacial score (nSPS) is 28.5. The van der Waals surface area contributed by atoms with Gasteiger partial charge in [-0.2, -0.15) is 0 Å². The SMILES string of the molecule is CCCCC[C@@H]1OC1(C)C. The van der Waals surface area contributed by atoms with Crippen LogP contribution in [0.1, 0.15) is 46.5 Å². The van der Waals surface area contributed by atoms with Crippen LogP contribution in [-0.4, -0.2) is 11.7 Å². The molecular weight excluding hydrogens is 124 g/mol. The van der Waals surface area contributed by atoms with Gasteiger partial charge >= 0.3 is 0 Å². The summed E-state index contributed by atoms with van der Waals surface area (Å²) in [6, 6.07) is 0. The summed E-state index contributed by atoms with van der Waals surface area (Å²) < 4.78 is 5.45. The number of hydrogen-bond acceptors (Lipinski definition) is 1. The number of rotatable bonds is 4. The lowest BCUT2D eigenvalue weighted by Gasteiger charge is -1.95. The molecule has 0 amide bonds. The van der Waals surface area contributed by atoms with Gasteiger partial charge in [0.05, 0.1) is 11.7 Å². The first-order chi connectivity index (χ1) is 4.67. The van der Waals surface area contributed by atoms with Gasteiger partial charge in [-0.25, -0.2) is 0 Å². The van der Waals surface area contributed by atoms with E-state index in [4.69, 9.17) is 4.74 Å². The monoisotopic (exact) mass is 142 g/mol. The van der Waals surface area contributed by atoms with Gasteiger partial charge in [0.25, 0.3) is 0 Å². The van der Waals surface area contributed by atoms with Gasteiger partial charge in [-0.3, -0.25) is 0 Å². The Kier molecular flexibility index (Phi) is 2.35. The minimum Gasteiger partial charge on any atom is -0.367 e. The van der Waals surface area contributed by atoms with Gasteiger partial charge in [-0.1, -0.05) is 26.2 Å². The Morgan fingerprint density at radius 1 is 1.30 bits per heavy atom. The van der Waals surface area contributed by atoms with E-state index in [1.807, 2.05) is 0 Å². The third-order valence-electron chi connectivity index (χ3n) is 2.23. The summed E-state index contributed by atoms with van der Waals surface area (Å²) in [7, 11) is 0. The average molecular weight is 142 g/mol. The van der Waals surface area contributed by atoms with Crippen LogP contribution in [-0.2, 0) is 4.74 Å². The molecule has 1 aliphatic heterocycles. The molecule has 0 N–H and O–H groups in total. The molecule has 0 radical (unpaired) electrons. The van der Waals surface area contributed by atoms with Gasteiger partial charge in [0.2, 0.25) is 0 Å². The molecule has 0 spiro atoms. The summed E-state index contributed by atoms with van der Waals surface area (Å²) in [5, 5.41) is 0. The summed E-state index contributed by atoms with van der Waals surface area (Å²) in [4.78, 5) is 0. The third kappa shape index (κ3) is 1.98. The van der Waals surface area contributed by atoms with Crippen molar-refractivity contribution in [3.8, 4) is 0 Å². The van der Waals surface area contributed by atoms with E-state index in [-0.39, 0.29) is 5.60 Å². The Balaban J connectivity index is 1.97. The molecule has 0 aliphatic carbocycles. The number of unbranched alkanes of at least 4 members (excludes halogenated alkanes) is 2. The first-order valence-corrected chi connectivity index (χ1v) is 4.34. The van der Waals surface area contributed by atoms with Crippen LogP contribution in [0.3, 0.4) is 0 Å². The predicted octanol–water partition coefficient (Wildman–Crippen LogP) is 2.74. The van der Waals surface area contributed by atoms with E-state index >= 15 is 0 Å². The Morgan fingerprint density at radius 3 is 2.30 bits per heavy atom. The summed E-state index contributed by atoms with van der Waals surface area (Å²) in [6.45, 7) is 6.58. The topological polar surface area (TPSA) is 12.5 Å². The molecule has 0 aromatic heterocycles. The molecule has 1 saturated heterocycles. The third-order valence-corrected chi connectivity index (χ3v) is 2.23. The minimum absolute atomic E-state index is 0.216. The van der Waals surface area contributed by atoms with Crippen LogP contribution in [0.5, 0.6) is 0 Å². The van der Waals surface area contributed by atoms with Crippen molar-refractivity contribution in [1.29, 1.82) is 0 Å². The summed E-state index contributed by atoms with van der Waals surface area (Å²) in [6.07, 6.45) is 5.84. The number of hydrogen-bond donors (Lipinski definition) is 0. The molecule has 1 atom stereocenters. The fraction of sp³-hybridized carbons (Fsp3) is 1.00. The zero-order valence-electron chi connectivity index (χ0n) is 7.31. The van der Waals surface area contributed by atoms with E-state index in [0.717, 1.165) is 0 Å². The van der Waals surface area contributed by atoms with Crippen molar-refractivity contribution in [2.75, 3.05) is 0 Å². The van der Waals surface area contributed by atoms with Crippen LogP contribution < -0.4 is 0 Å². The van der Waals surface area contributed by atoms with E-state index in [9.17, 15) is 0 Å². The Labute approximate surface area is 63.8 Å². The highest BCUT2D eigenvalue weighted by molar-refractivity contribution is 4.94. The van der Waals surface area contributed by atoms with Crippen LogP contribution in [0.2, 0.25) is 0 Å². The average Bonchev–Trinajstić information content (AvgIpc) is 2.41. The quantitative estimate of drug-likeness (QED) is 0.434. The lowest BCUT2D eigenvalue weighted by atomic mass is 10.1. The number of epoxide rings is 1. The second-order valence-electron chi connectivity index (χ2n) is 3.71. The molecule has 0 bridgehead atoms. The fourth-order valence-electron chi connectivity index (χ4n) is 1.32. The molecule has 1 fully saturated rings. The summed E-state index contributed by atoms with van der Waals surface area (Å²) >= 11 is 0. The minimum atomic E-state index is 0.216. The summed E-state index contributed by atoms with van der Waals surface area (Å²) in [5.41, 5.74) is 0.216. The highest BCUT2D eigenvalue weighted by Gasteiger charge is 2.46. The molecular formula is C9H18O. The Hall–Kier alpha value is -0.0400. The molecule has 1 aliphatic rings. The van der Waals surface area contributed by atoms with Gasteiger partial charge in [-0.15, -0.1) is 0 Å². The summed E-state index contributed by atoms with van der Waals surface area (Å²) in [5.74, 6) is 0. The molecule has 1 nitrogen and oxygen atoms in total. The van der Waals surface area contributed by atoms with Crippen molar-refractivity contribution in [1.82, 2.24) is 0 Å². The van der Waals surface area contributed by atoms with Gasteiger partial charge in [0.1, 0.15) is 0 Å². The molecule has 1 heteroatoms. The second kappa shape index (κ2) is 2.91. The molecule has 10 heavy (non-hydrogen) atoms. The number of ether oxygens (including phenoxy) is 1. The van der Waals surface area contributed by atoms with Crippen molar-refractivity contribution in [2.24, 2.45) is 0 Å². The molecule has 0 unspecified atom stereocenters. The first-order valence-electron chi connectivity index (χ1n) is 4.34. The maximum Gasteiger partial charge on any atom is 0.0892 e. The Morgan fingerprint density at radius 2 is 1.90 bits per heavy atom. The molecule has 1 heterocycles. The van der Waals surface area contributed by atoms with Crippen molar-refractivity contribution >= 4 is 0 Å². The van der Waals surface area contributed by atoms with Gasteiger partial charge < -0.3 is 4.74 Å². The van der Waals surface area contributed by atoms with Crippen LogP contribution in [0.4, 0.5) is 0 Å². The van der Waals surface area contributed by atoms with Gasteiger partial charge in [-0.05, 0) is 20.3 Å².